The molecule has 3 rings (SSSR count). The van der Waals surface area contributed by atoms with Gasteiger partial charge in [-0.05, 0) is 42.3 Å². The highest BCUT2D eigenvalue weighted by Gasteiger charge is 2.17. The molecule has 0 unspecified atom stereocenters. The molecule has 0 saturated heterocycles. The van der Waals surface area contributed by atoms with Gasteiger partial charge in [0.1, 0.15) is 12.0 Å². The molecule has 0 N–H and O–H groups in total. The van der Waals surface area contributed by atoms with Gasteiger partial charge in [0.2, 0.25) is 0 Å². The molecule has 126 valence electrons. The van der Waals surface area contributed by atoms with E-state index >= 15 is 0 Å². The summed E-state index contributed by atoms with van der Waals surface area (Å²) in [6.07, 6.45) is 4.46. The van der Waals surface area contributed by atoms with Gasteiger partial charge in [0.15, 0.2) is 0 Å². The largest absolute Gasteiger partial charge is 0.497 e. The molecule has 0 saturated carbocycles. The van der Waals surface area contributed by atoms with Crippen LogP contribution in [-0.2, 0) is 11.2 Å². The van der Waals surface area contributed by atoms with Crippen molar-refractivity contribution >= 4 is 29.2 Å². The lowest BCUT2D eigenvalue weighted by Gasteiger charge is -2.04. The first-order valence-electron chi connectivity index (χ1n) is 8.04. The van der Waals surface area contributed by atoms with Crippen LogP contribution in [0.5, 0.6) is 5.75 Å². The highest BCUT2D eigenvalue weighted by Crippen LogP contribution is 2.29. The summed E-state index contributed by atoms with van der Waals surface area (Å²) in [5, 5.41) is 0.866. The number of hydrogen-bond acceptors (Lipinski definition) is 3. The van der Waals surface area contributed by atoms with Crippen molar-refractivity contribution in [1.82, 2.24) is 4.57 Å². The maximum Gasteiger partial charge on any atom is 0.255 e. The Bertz CT molecular complexity index is 952. The van der Waals surface area contributed by atoms with Gasteiger partial charge in [-0.2, -0.15) is 0 Å². The van der Waals surface area contributed by atoms with Crippen molar-refractivity contribution in [1.29, 1.82) is 0 Å². The van der Waals surface area contributed by atoms with E-state index in [1.165, 1.54) is 0 Å². The second-order valence-electron chi connectivity index (χ2n) is 5.74. The number of aromatic nitrogens is 1. The highest BCUT2D eigenvalue weighted by molar-refractivity contribution is 6.03. The maximum atomic E-state index is 12.8. The number of ether oxygens (including phenoxy) is 1. The van der Waals surface area contributed by atoms with E-state index in [2.05, 4.69) is 0 Å². The van der Waals surface area contributed by atoms with E-state index in [0.29, 0.717) is 5.75 Å². The van der Waals surface area contributed by atoms with Gasteiger partial charge in [-0.15, -0.1) is 0 Å². The van der Waals surface area contributed by atoms with Gasteiger partial charge in [0.05, 0.1) is 12.6 Å². The first-order chi connectivity index (χ1) is 12.2. The molecule has 0 aliphatic carbocycles. The van der Waals surface area contributed by atoms with Crippen molar-refractivity contribution in [3.8, 4) is 5.75 Å². The number of carbonyl (C=O) groups excluding carboxylic acids is 2. The van der Waals surface area contributed by atoms with E-state index < -0.39 is 0 Å². The van der Waals surface area contributed by atoms with Crippen LogP contribution in [0.15, 0.2) is 54.6 Å². The fraction of sp³-hybridized carbons (Fsp3) is 0.143. The first-order valence-corrected chi connectivity index (χ1v) is 8.04. The molecule has 3 aromatic rings. The number of methoxy groups -OCH3 is 1. The van der Waals surface area contributed by atoms with Gasteiger partial charge in [0.25, 0.3) is 5.91 Å². The SMILES string of the molecule is COc1ccc2c(c1)c(CC=O)c(C)n2C(=O)C=Cc1ccccc1. The van der Waals surface area contributed by atoms with E-state index in [1.807, 2.05) is 55.5 Å². The number of fused-ring (bicyclic) bond motifs is 1. The Kier molecular flexibility index (Phi) is 4.80. The average molecular weight is 333 g/mol. The Hall–Kier alpha value is -3.14. The molecule has 0 aliphatic rings. The lowest BCUT2D eigenvalue weighted by Crippen LogP contribution is -2.09. The summed E-state index contributed by atoms with van der Waals surface area (Å²) in [6.45, 7) is 1.86. The maximum absolute atomic E-state index is 12.8. The molecule has 0 fully saturated rings. The molecule has 4 nitrogen and oxygen atoms in total. The number of allylic oxidation sites excluding steroid dienone is 1. The summed E-state index contributed by atoms with van der Waals surface area (Å²) in [6, 6.07) is 15.2. The zero-order valence-corrected chi connectivity index (χ0v) is 14.2. The lowest BCUT2D eigenvalue weighted by atomic mass is 10.1. The Morgan fingerprint density at radius 3 is 2.60 bits per heavy atom. The topological polar surface area (TPSA) is 48.3 Å². The molecule has 0 radical (unpaired) electrons. The van der Waals surface area contributed by atoms with Crippen molar-refractivity contribution < 1.29 is 14.3 Å². The minimum atomic E-state index is -0.145. The van der Waals surface area contributed by atoms with Crippen LogP contribution in [0.1, 0.15) is 21.6 Å². The molecular formula is C21H19NO3. The number of hydrogen-bond donors (Lipinski definition) is 0. The molecule has 4 heteroatoms. The van der Waals surface area contributed by atoms with Crippen LogP contribution in [-0.4, -0.2) is 23.9 Å². The van der Waals surface area contributed by atoms with E-state index in [9.17, 15) is 9.59 Å². The minimum absolute atomic E-state index is 0.145. The van der Waals surface area contributed by atoms with Crippen LogP contribution in [0.25, 0.3) is 17.0 Å². The van der Waals surface area contributed by atoms with E-state index in [1.54, 1.807) is 23.8 Å². The number of rotatable bonds is 5. The molecule has 0 amide bonds. The molecule has 25 heavy (non-hydrogen) atoms. The minimum Gasteiger partial charge on any atom is -0.497 e. The Labute approximate surface area is 146 Å². The fourth-order valence-electron chi connectivity index (χ4n) is 3.02. The van der Waals surface area contributed by atoms with Crippen molar-refractivity contribution in [3.05, 3.63) is 71.4 Å². The summed E-state index contributed by atoms with van der Waals surface area (Å²) >= 11 is 0. The van der Waals surface area contributed by atoms with Crippen LogP contribution in [0.3, 0.4) is 0 Å². The van der Waals surface area contributed by atoms with E-state index in [0.717, 1.165) is 34.0 Å². The normalized spacial score (nSPS) is 11.1. The molecule has 0 bridgehead atoms. The van der Waals surface area contributed by atoms with E-state index in [4.69, 9.17) is 4.74 Å². The molecule has 0 atom stereocenters. The summed E-state index contributed by atoms with van der Waals surface area (Å²) < 4.78 is 6.92. The monoisotopic (exact) mass is 333 g/mol. The molecule has 0 spiro atoms. The van der Waals surface area contributed by atoms with Gasteiger partial charge in [0, 0.05) is 23.6 Å². The third-order valence-corrected chi connectivity index (χ3v) is 4.27. The zero-order chi connectivity index (χ0) is 17.8. The Morgan fingerprint density at radius 2 is 1.92 bits per heavy atom. The first kappa shape index (κ1) is 16.7. The highest BCUT2D eigenvalue weighted by atomic mass is 16.5. The number of carbonyl (C=O) groups is 2. The molecule has 1 aromatic heterocycles. The quantitative estimate of drug-likeness (QED) is 0.523. The molecule has 1 heterocycles. The third kappa shape index (κ3) is 3.24. The van der Waals surface area contributed by atoms with Gasteiger partial charge >= 0.3 is 0 Å². The van der Waals surface area contributed by atoms with Crippen LogP contribution >= 0.6 is 0 Å². The van der Waals surface area contributed by atoms with Gasteiger partial charge in [-0.1, -0.05) is 30.3 Å². The van der Waals surface area contributed by atoms with Gasteiger partial charge in [-0.25, -0.2) is 0 Å². The summed E-state index contributed by atoms with van der Waals surface area (Å²) in [5.41, 5.74) is 3.36. The smallest absolute Gasteiger partial charge is 0.255 e. The summed E-state index contributed by atoms with van der Waals surface area (Å²) in [5.74, 6) is 0.553. The van der Waals surface area contributed by atoms with Crippen LogP contribution in [0.4, 0.5) is 0 Å². The van der Waals surface area contributed by atoms with Crippen LogP contribution in [0.2, 0.25) is 0 Å². The van der Waals surface area contributed by atoms with Crippen molar-refractivity contribution in [2.24, 2.45) is 0 Å². The Morgan fingerprint density at radius 1 is 1.16 bits per heavy atom. The second kappa shape index (κ2) is 7.18. The predicted octanol–water partition coefficient (Wildman–Crippen LogP) is 4.05. The number of benzene rings is 2. The summed E-state index contributed by atoms with van der Waals surface area (Å²) in [4.78, 5) is 23.9. The van der Waals surface area contributed by atoms with E-state index in [-0.39, 0.29) is 12.3 Å². The van der Waals surface area contributed by atoms with Gasteiger partial charge < -0.3 is 9.53 Å². The number of aldehydes is 1. The standard InChI is InChI=1S/C21H19NO3/c1-15-18(12-13-23)19-14-17(25-2)9-10-20(19)22(15)21(24)11-8-16-6-4-3-5-7-16/h3-11,13-14H,12H2,1-2H3. The zero-order valence-electron chi connectivity index (χ0n) is 14.2. The Balaban J connectivity index is 2.09. The second-order valence-corrected chi connectivity index (χ2v) is 5.74. The van der Waals surface area contributed by atoms with Crippen LogP contribution < -0.4 is 4.74 Å². The van der Waals surface area contributed by atoms with Crippen molar-refractivity contribution in [2.75, 3.05) is 7.11 Å². The van der Waals surface area contributed by atoms with Gasteiger partial charge in [-0.3, -0.25) is 9.36 Å². The molecule has 2 aromatic carbocycles. The predicted molar refractivity (Wildman–Crippen MR) is 99.1 cm³/mol. The molecule has 0 aliphatic heterocycles. The van der Waals surface area contributed by atoms with Crippen LogP contribution in [0, 0.1) is 6.92 Å². The summed E-state index contributed by atoms with van der Waals surface area (Å²) in [7, 11) is 1.60. The lowest BCUT2D eigenvalue weighted by molar-refractivity contribution is -0.107. The van der Waals surface area contributed by atoms with Crippen molar-refractivity contribution in [3.63, 3.8) is 0 Å². The third-order valence-electron chi connectivity index (χ3n) is 4.27. The molecular weight excluding hydrogens is 314 g/mol. The average Bonchev–Trinajstić information content (AvgIpc) is 2.92. The fourth-order valence-corrected chi connectivity index (χ4v) is 3.02. The number of nitrogens with zero attached hydrogens (tertiary/aromatic N) is 1. The van der Waals surface area contributed by atoms with Crippen molar-refractivity contribution in [2.45, 2.75) is 13.3 Å².